The van der Waals surface area contributed by atoms with Crippen LogP contribution in [0.5, 0.6) is 0 Å². The maximum atomic E-state index is 12.8. The Labute approximate surface area is 206 Å². The number of carbonyl (C=O) groups excluding carboxylic acids is 3. The molecule has 3 aromatic carbocycles. The summed E-state index contributed by atoms with van der Waals surface area (Å²) < 4.78 is 16.1. The molecule has 9 heteroatoms. The van der Waals surface area contributed by atoms with E-state index in [0.717, 1.165) is 0 Å². The van der Waals surface area contributed by atoms with Crippen LogP contribution in [0.25, 0.3) is 0 Å². The molecule has 0 amide bonds. The van der Waals surface area contributed by atoms with Crippen molar-refractivity contribution >= 4 is 17.9 Å². The van der Waals surface area contributed by atoms with Crippen molar-refractivity contribution in [2.45, 2.75) is 36.6 Å². The first-order valence-corrected chi connectivity index (χ1v) is 11.2. The van der Waals surface area contributed by atoms with Crippen LogP contribution in [0, 0.1) is 0 Å². The van der Waals surface area contributed by atoms with Crippen LogP contribution < -0.4 is 0 Å². The van der Waals surface area contributed by atoms with Crippen LogP contribution in [-0.2, 0) is 14.2 Å². The summed E-state index contributed by atoms with van der Waals surface area (Å²) >= 11 is 0. The fraction of sp³-hybridized carbons (Fsp3) is 0.222. The summed E-state index contributed by atoms with van der Waals surface area (Å²) in [6, 6.07) is 23.5. The Kier molecular flexibility index (Phi) is 7.74. The summed E-state index contributed by atoms with van der Waals surface area (Å²) in [4.78, 5) is 38.1. The first-order valence-electron chi connectivity index (χ1n) is 11.2. The molecule has 9 nitrogen and oxygen atoms in total. The number of ether oxygens (including phenoxy) is 3. The number of aliphatic hydroxyl groups is 3. The Morgan fingerprint density at radius 2 is 0.722 bits per heavy atom. The Balaban J connectivity index is 1.61. The molecule has 0 spiro atoms. The SMILES string of the molecule is O=C(O[C@@H]1[C@@H](O)[C@@H](O)[C@@H](OC(=O)c2ccccc2)[C@H](OC(=O)c2ccccc2)[C@H]1O)c1ccccc1. The number of hydrogen-bond acceptors (Lipinski definition) is 9. The van der Waals surface area contributed by atoms with Crippen molar-refractivity contribution in [3.05, 3.63) is 108 Å². The zero-order valence-electron chi connectivity index (χ0n) is 18.9. The zero-order chi connectivity index (χ0) is 25.7. The van der Waals surface area contributed by atoms with Gasteiger partial charge in [-0.05, 0) is 36.4 Å². The van der Waals surface area contributed by atoms with Gasteiger partial charge in [-0.1, -0.05) is 54.6 Å². The van der Waals surface area contributed by atoms with E-state index in [1.165, 1.54) is 36.4 Å². The first kappa shape index (κ1) is 25.1. The van der Waals surface area contributed by atoms with Gasteiger partial charge in [0.25, 0.3) is 0 Å². The number of aliphatic hydroxyl groups excluding tert-OH is 3. The first-order chi connectivity index (χ1) is 17.4. The molecule has 0 unspecified atom stereocenters. The van der Waals surface area contributed by atoms with Gasteiger partial charge in [-0.15, -0.1) is 0 Å². The highest BCUT2D eigenvalue weighted by molar-refractivity contribution is 5.91. The van der Waals surface area contributed by atoms with Gasteiger partial charge in [0.2, 0.25) is 0 Å². The molecule has 0 saturated heterocycles. The zero-order valence-corrected chi connectivity index (χ0v) is 18.9. The third kappa shape index (κ3) is 5.44. The van der Waals surface area contributed by atoms with E-state index in [9.17, 15) is 29.7 Å². The van der Waals surface area contributed by atoms with Crippen molar-refractivity contribution in [1.29, 1.82) is 0 Å². The lowest BCUT2D eigenvalue weighted by atomic mass is 9.84. The van der Waals surface area contributed by atoms with E-state index < -0.39 is 54.5 Å². The van der Waals surface area contributed by atoms with E-state index in [-0.39, 0.29) is 16.7 Å². The quantitative estimate of drug-likeness (QED) is 0.347. The maximum Gasteiger partial charge on any atom is 0.338 e. The summed E-state index contributed by atoms with van der Waals surface area (Å²) in [6.45, 7) is 0. The number of hydrogen-bond donors (Lipinski definition) is 3. The van der Waals surface area contributed by atoms with E-state index in [1.54, 1.807) is 54.6 Å². The Morgan fingerprint density at radius 3 is 1.08 bits per heavy atom. The van der Waals surface area contributed by atoms with Crippen molar-refractivity contribution in [2.24, 2.45) is 0 Å². The third-order valence-corrected chi connectivity index (χ3v) is 5.78. The molecule has 4 rings (SSSR count). The van der Waals surface area contributed by atoms with Crippen molar-refractivity contribution in [1.82, 2.24) is 0 Å². The molecular formula is C27H24O9. The lowest BCUT2D eigenvalue weighted by Crippen LogP contribution is -2.66. The maximum absolute atomic E-state index is 12.8. The predicted molar refractivity (Wildman–Crippen MR) is 125 cm³/mol. The van der Waals surface area contributed by atoms with E-state index in [0.29, 0.717) is 0 Å². The molecule has 3 aromatic rings. The van der Waals surface area contributed by atoms with Gasteiger partial charge in [0.1, 0.15) is 18.3 Å². The minimum Gasteiger partial charge on any atom is -0.453 e. The van der Waals surface area contributed by atoms with Crippen LogP contribution in [0.2, 0.25) is 0 Å². The minimum absolute atomic E-state index is 0.135. The normalized spacial score (nSPS) is 25.4. The Hall–Kier alpha value is -4.05. The van der Waals surface area contributed by atoms with Gasteiger partial charge in [0.15, 0.2) is 18.3 Å². The average molecular weight is 492 g/mol. The van der Waals surface area contributed by atoms with Gasteiger partial charge in [-0.25, -0.2) is 14.4 Å². The van der Waals surface area contributed by atoms with E-state index >= 15 is 0 Å². The highest BCUT2D eigenvalue weighted by atomic mass is 16.6. The summed E-state index contributed by atoms with van der Waals surface area (Å²) in [7, 11) is 0. The monoisotopic (exact) mass is 492 g/mol. The minimum atomic E-state index is -1.86. The largest absolute Gasteiger partial charge is 0.453 e. The molecule has 36 heavy (non-hydrogen) atoms. The lowest BCUT2D eigenvalue weighted by Gasteiger charge is -2.43. The fourth-order valence-corrected chi connectivity index (χ4v) is 3.88. The summed E-state index contributed by atoms with van der Waals surface area (Å²) in [5.41, 5.74) is 0.414. The molecule has 1 saturated carbocycles. The Morgan fingerprint density at radius 1 is 0.444 bits per heavy atom. The van der Waals surface area contributed by atoms with Crippen LogP contribution >= 0.6 is 0 Å². The molecule has 1 aliphatic rings. The number of carbonyl (C=O) groups is 3. The molecule has 0 heterocycles. The second kappa shape index (κ2) is 11.1. The molecule has 186 valence electrons. The van der Waals surface area contributed by atoms with Gasteiger partial charge >= 0.3 is 17.9 Å². The van der Waals surface area contributed by atoms with E-state index in [1.807, 2.05) is 0 Å². The molecule has 0 radical (unpaired) electrons. The number of esters is 3. The Bertz CT molecular complexity index is 1180. The molecule has 1 fully saturated rings. The molecule has 3 N–H and O–H groups in total. The van der Waals surface area contributed by atoms with Gasteiger partial charge in [0.05, 0.1) is 16.7 Å². The second-order valence-corrected chi connectivity index (χ2v) is 8.18. The smallest absolute Gasteiger partial charge is 0.338 e. The molecular weight excluding hydrogens is 468 g/mol. The van der Waals surface area contributed by atoms with Crippen LogP contribution in [0.1, 0.15) is 31.1 Å². The van der Waals surface area contributed by atoms with Crippen molar-refractivity contribution < 1.29 is 43.9 Å². The van der Waals surface area contributed by atoms with E-state index in [2.05, 4.69) is 0 Å². The van der Waals surface area contributed by atoms with Crippen molar-refractivity contribution in [3.8, 4) is 0 Å². The molecule has 0 aliphatic heterocycles. The highest BCUT2D eigenvalue weighted by Gasteiger charge is 2.55. The third-order valence-electron chi connectivity index (χ3n) is 5.78. The standard InChI is InChI=1S/C27H24O9/c28-19-20(29)23(35-26(32)17-12-6-2-7-13-17)24(36-27(33)18-14-8-3-9-15-18)21(30)22(19)34-25(31)16-10-4-1-5-11-16/h1-15,19-24,28-30H/t19-,20+,21-,22+,23+,24+/m0/s1. The fourth-order valence-electron chi connectivity index (χ4n) is 3.88. The lowest BCUT2D eigenvalue weighted by molar-refractivity contribution is -0.223. The van der Waals surface area contributed by atoms with Crippen LogP contribution in [0.15, 0.2) is 91.0 Å². The van der Waals surface area contributed by atoms with Crippen LogP contribution in [0.3, 0.4) is 0 Å². The summed E-state index contributed by atoms with van der Waals surface area (Å²) in [5.74, 6) is -2.63. The molecule has 0 aromatic heterocycles. The summed E-state index contributed by atoms with van der Waals surface area (Å²) in [5, 5.41) is 32.6. The van der Waals surface area contributed by atoms with Crippen molar-refractivity contribution in [2.75, 3.05) is 0 Å². The highest BCUT2D eigenvalue weighted by Crippen LogP contribution is 2.30. The summed E-state index contributed by atoms with van der Waals surface area (Å²) in [6.07, 6.45) is -10.6. The average Bonchev–Trinajstić information content (AvgIpc) is 2.92. The second-order valence-electron chi connectivity index (χ2n) is 8.18. The number of rotatable bonds is 6. The van der Waals surface area contributed by atoms with Gasteiger partial charge in [-0.3, -0.25) is 0 Å². The topological polar surface area (TPSA) is 140 Å². The van der Waals surface area contributed by atoms with Gasteiger partial charge < -0.3 is 29.5 Å². The van der Waals surface area contributed by atoms with Crippen LogP contribution in [-0.4, -0.2) is 69.9 Å². The van der Waals surface area contributed by atoms with E-state index in [4.69, 9.17) is 14.2 Å². The van der Waals surface area contributed by atoms with Crippen molar-refractivity contribution in [3.63, 3.8) is 0 Å². The molecule has 1 aliphatic carbocycles. The predicted octanol–water partition coefficient (Wildman–Crippen LogP) is 1.76. The van der Waals surface area contributed by atoms with Crippen LogP contribution in [0.4, 0.5) is 0 Å². The number of benzene rings is 3. The molecule has 6 atom stereocenters. The van der Waals surface area contributed by atoms with Gasteiger partial charge in [0, 0.05) is 0 Å². The molecule has 0 bridgehead atoms. The van der Waals surface area contributed by atoms with Gasteiger partial charge in [-0.2, -0.15) is 0 Å².